The number of nitro groups is 1. The highest BCUT2D eigenvalue weighted by atomic mass is 32.2. The van der Waals surface area contributed by atoms with Crippen molar-refractivity contribution in [2.75, 3.05) is 25.0 Å². The van der Waals surface area contributed by atoms with Gasteiger partial charge in [-0.05, 0) is 30.9 Å². The SMILES string of the molecule is O=[N+]([O-])c1cc(F)ccc1NCC1CCN(S(=O)(=O)C(F)(F)F)CC1. The molecule has 140 valence electrons. The van der Waals surface area contributed by atoms with E-state index in [9.17, 15) is 36.1 Å². The summed E-state index contributed by atoms with van der Waals surface area (Å²) in [6.45, 7) is -0.355. The highest BCUT2D eigenvalue weighted by Crippen LogP contribution is 2.31. The van der Waals surface area contributed by atoms with Crippen molar-refractivity contribution in [2.45, 2.75) is 18.3 Å². The molecular weight excluding hydrogens is 370 g/mol. The van der Waals surface area contributed by atoms with Gasteiger partial charge in [-0.3, -0.25) is 10.1 Å². The number of nitrogens with one attached hydrogen (secondary N) is 1. The first-order valence-electron chi connectivity index (χ1n) is 7.26. The normalized spacial score (nSPS) is 17.4. The molecule has 0 radical (unpaired) electrons. The molecule has 1 heterocycles. The van der Waals surface area contributed by atoms with Crippen LogP contribution in [0.15, 0.2) is 18.2 Å². The Morgan fingerprint density at radius 3 is 2.40 bits per heavy atom. The molecule has 25 heavy (non-hydrogen) atoms. The van der Waals surface area contributed by atoms with Crippen LogP contribution in [0.1, 0.15) is 12.8 Å². The van der Waals surface area contributed by atoms with E-state index >= 15 is 0 Å². The summed E-state index contributed by atoms with van der Waals surface area (Å²) in [6, 6.07) is 3.02. The molecule has 0 spiro atoms. The van der Waals surface area contributed by atoms with E-state index in [4.69, 9.17) is 0 Å². The van der Waals surface area contributed by atoms with Gasteiger partial charge < -0.3 is 5.32 Å². The third-order valence-electron chi connectivity index (χ3n) is 3.94. The zero-order valence-electron chi connectivity index (χ0n) is 12.8. The Bertz CT molecular complexity index is 746. The maximum atomic E-state index is 13.1. The lowest BCUT2D eigenvalue weighted by Gasteiger charge is -2.31. The number of sulfonamides is 1. The monoisotopic (exact) mass is 385 g/mol. The average molecular weight is 385 g/mol. The fourth-order valence-electron chi connectivity index (χ4n) is 2.56. The maximum absolute atomic E-state index is 13.1. The van der Waals surface area contributed by atoms with Crippen molar-refractivity contribution in [1.29, 1.82) is 0 Å². The minimum Gasteiger partial charge on any atom is -0.379 e. The predicted octanol–water partition coefficient (Wildman–Crippen LogP) is 2.71. The number of nitrogens with zero attached hydrogens (tertiary/aromatic N) is 2. The van der Waals surface area contributed by atoms with Gasteiger partial charge in [-0.15, -0.1) is 0 Å². The molecule has 1 aliphatic heterocycles. The fraction of sp³-hybridized carbons (Fsp3) is 0.538. The molecule has 0 aromatic heterocycles. The van der Waals surface area contributed by atoms with Gasteiger partial charge in [0.2, 0.25) is 0 Å². The van der Waals surface area contributed by atoms with Crippen molar-refractivity contribution in [3.63, 3.8) is 0 Å². The lowest BCUT2D eigenvalue weighted by atomic mass is 9.98. The topological polar surface area (TPSA) is 92.6 Å². The quantitative estimate of drug-likeness (QED) is 0.478. The zero-order chi connectivity index (χ0) is 18.8. The summed E-state index contributed by atoms with van der Waals surface area (Å²) in [5.74, 6) is -0.924. The summed E-state index contributed by atoms with van der Waals surface area (Å²) in [6.07, 6.45) is 0.356. The number of hydrogen-bond acceptors (Lipinski definition) is 5. The molecular formula is C13H15F4N3O4S. The number of anilines is 1. The molecule has 0 amide bonds. The molecule has 1 aromatic rings. The number of benzene rings is 1. The van der Waals surface area contributed by atoms with Crippen molar-refractivity contribution in [2.24, 2.45) is 5.92 Å². The second-order valence-electron chi connectivity index (χ2n) is 5.59. The molecule has 1 saturated heterocycles. The number of hydrogen-bond donors (Lipinski definition) is 1. The van der Waals surface area contributed by atoms with Gasteiger partial charge in [0, 0.05) is 19.6 Å². The molecule has 1 fully saturated rings. The summed E-state index contributed by atoms with van der Waals surface area (Å²) >= 11 is 0. The molecule has 2 rings (SSSR count). The second kappa shape index (κ2) is 7.12. The summed E-state index contributed by atoms with van der Waals surface area (Å²) in [4.78, 5) is 10.1. The molecule has 1 N–H and O–H groups in total. The van der Waals surface area contributed by atoms with Crippen LogP contribution < -0.4 is 5.32 Å². The summed E-state index contributed by atoms with van der Waals surface area (Å²) in [5, 5.41) is 13.7. The maximum Gasteiger partial charge on any atom is 0.511 e. The van der Waals surface area contributed by atoms with E-state index in [0.29, 0.717) is 4.31 Å². The number of rotatable bonds is 5. The molecule has 0 bridgehead atoms. The van der Waals surface area contributed by atoms with Gasteiger partial charge in [0.1, 0.15) is 11.5 Å². The molecule has 1 aliphatic rings. The Morgan fingerprint density at radius 2 is 1.88 bits per heavy atom. The number of nitro benzene ring substituents is 1. The van der Waals surface area contributed by atoms with E-state index in [0.717, 1.165) is 12.1 Å². The Hall–Kier alpha value is -1.95. The van der Waals surface area contributed by atoms with Crippen LogP contribution in [0.5, 0.6) is 0 Å². The number of piperidine rings is 1. The third-order valence-corrected chi connectivity index (χ3v) is 5.57. The van der Waals surface area contributed by atoms with Gasteiger partial charge in [0.05, 0.1) is 11.0 Å². The second-order valence-corrected chi connectivity index (χ2v) is 7.52. The van der Waals surface area contributed by atoms with E-state index in [1.165, 1.54) is 6.07 Å². The van der Waals surface area contributed by atoms with Gasteiger partial charge in [0.25, 0.3) is 5.69 Å². The van der Waals surface area contributed by atoms with Crippen LogP contribution in [0.3, 0.4) is 0 Å². The highest BCUT2D eigenvalue weighted by molar-refractivity contribution is 7.90. The van der Waals surface area contributed by atoms with Crippen molar-refractivity contribution in [1.82, 2.24) is 4.31 Å². The molecule has 0 aliphatic carbocycles. The van der Waals surface area contributed by atoms with Crippen molar-refractivity contribution >= 4 is 21.4 Å². The van der Waals surface area contributed by atoms with E-state index in [1.807, 2.05) is 0 Å². The van der Waals surface area contributed by atoms with E-state index in [1.54, 1.807) is 0 Å². The van der Waals surface area contributed by atoms with E-state index in [-0.39, 0.29) is 44.1 Å². The van der Waals surface area contributed by atoms with E-state index in [2.05, 4.69) is 5.32 Å². The molecule has 0 atom stereocenters. The highest BCUT2D eigenvalue weighted by Gasteiger charge is 2.50. The zero-order valence-corrected chi connectivity index (χ0v) is 13.6. The van der Waals surface area contributed by atoms with Crippen LogP contribution in [0.2, 0.25) is 0 Å². The number of halogens is 4. The summed E-state index contributed by atoms with van der Waals surface area (Å²) < 4.78 is 73.6. The average Bonchev–Trinajstić information content (AvgIpc) is 2.53. The Balaban J connectivity index is 1.95. The fourth-order valence-corrected chi connectivity index (χ4v) is 3.54. The lowest BCUT2D eigenvalue weighted by molar-refractivity contribution is -0.384. The van der Waals surface area contributed by atoms with Crippen LogP contribution in [-0.4, -0.2) is 42.8 Å². The molecule has 1 aromatic carbocycles. The van der Waals surface area contributed by atoms with Crippen molar-refractivity contribution in [3.05, 3.63) is 34.1 Å². The first kappa shape index (κ1) is 19.4. The van der Waals surface area contributed by atoms with Crippen LogP contribution in [0, 0.1) is 21.8 Å². The minimum absolute atomic E-state index is 0.0942. The number of alkyl halides is 3. The standard InChI is InChI=1S/C13H15F4N3O4S/c14-10-1-2-11(12(7-10)20(21)22)18-8-9-3-5-19(6-4-9)25(23,24)13(15,16)17/h1-2,7,9,18H,3-6,8H2. The van der Waals surface area contributed by atoms with Gasteiger partial charge in [-0.25, -0.2) is 12.8 Å². The van der Waals surface area contributed by atoms with Crippen molar-refractivity contribution < 1.29 is 30.9 Å². The van der Waals surface area contributed by atoms with Crippen LogP contribution >= 0.6 is 0 Å². The van der Waals surface area contributed by atoms with Crippen LogP contribution in [0.25, 0.3) is 0 Å². The van der Waals surface area contributed by atoms with Crippen LogP contribution in [0.4, 0.5) is 28.9 Å². The lowest BCUT2D eigenvalue weighted by Crippen LogP contribution is -2.45. The van der Waals surface area contributed by atoms with Gasteiger partial charge in [-0.1, -0.05) is 0 Å². The Kier molecular flexibility index (Phi) is 5.52. The van der Waals surface area contributed by atoms with Gasteiger partial charge in [-0.2, -0.15) is 17.5 Å². The predicted molar refractivity (Wildman–Crippen MR) is 80.8 cm³/mol. The van der Waals surface area contributed by atoms with Crippen LogP contribution in [-0.2, 0) is 10.0 Å². The first-order chi connectivity index (χ1) is 11.5. The Labute approximate surface area is 140 Å². The molecule has 12 heteroatoms. The molecule has 7 nitrogen and oxygen atoms in total. The van der Waals surface area contributed by atoms with Gasteiger partial charge >= 0.3 is 15.5 Å². The Morgan fingerprint density at radius 1 is 1.28 bits per heavy atom. The van der Waals surface area contributed by atoms with Crippen molar-refractivity contribution in [3.8, 4) is 0 Å². The summed E-state index contributed by atoms with van der Waals surface area (Å²) in [5.41, 5.74) is -5.68. The smallest absolute Gasteiger partial charge is 0.379 e. The van der Waals surface area contributed by atoms with E-state index < -0.39 is 32.0 Å². The van der Waals surface area contributed by atoms with Gasteiger partial charge in [0.15, 0.2) is 0 Å². The largest absolute Gasteiger partial charge is 0.511 e. The molecule has 0 unspecified atom stereocenters. The minimum atomic E-state index is -5.33. The first-order valence-corrected chi connectivity index (χ1v) is 8.70. The summed E-state index contributed by atoms with van der Waals surface area (Å²) in [7, 11) is -5.33. The molecule has 0 saturated carbocycles. The third kappa shape index (κ3) is 4.37.